The monoisotopic (exact) mass is 293 g/mol. The fraction of sp³-hybridized carbons (Fsp3) is 0.600. The van der Waals surface area contributed by atoms with E-state index in [1.54, 1.807) is 0 Å². The molecule has 0 bridgehead atoms. The Bertz CT molecular complexity index is 428. The fourth-order valence-corrected chi connectivity index (χ4v) is 1.82. The Hall–Kier alpha value is -2.20. The largest absolute Gasteiger partial charge is 0.548 e. The van der Waals surface area contributed by atoms with Crippen LogP contribution in [0.4, 0.5) is 0 Å². The van der Waals surface area contributed by atoms with Crippen LogP contribution in [-0.4, -0.2) is 82.1 Å². The summed E-state index contributed by atoms with van der Waals surface area (Å²) in [6, 6.07) is 0. The molecule has 0 saturated heterocycles. The maximum atomic E-state index is 11.2. The van der Waals surface area contributed by atoms with Gasteiger partial charge in [-0.05, 0) is 0 Å². The zero-order chi connectivity index (χ0) is 16.5. The topological polar surface area (TPSA) is 172 Å². The minimum Gasteiger partial charge on any atom is -0.548 e. The van der Waals surface area contributed by atoms with Gasteiger partial charge in [0, 0.05) is 0 Å². The molecule has 0 rings (SSSR count). The van der Waals surface area contributed by atoms with Gasteiger partial charge in [-0.2, -0.15) is 0 Å². The Kier molecular flexibility index (Phi) is 4.50. The lowest BCUT2D eigenvalue weighted by atomic mass is 9.70. The number of rotatable bonds is 7. The zero-order valence-electron chi connectivity index (χ0n) is 11.0. The van der Waals surface area contributed by atoms with Gasteiger partial charge in [0.2, 0.25) is 11.0 Å². The van der Waals surface area contributed by atoms with E-state index in [9.17, 15) is 29.4 Å². The number of carbonyl (C=O) groups is 4. The summed E-state index contributed by atoms with van der Waals surface area (Å²) >= 11 is 0. The molecule has 0 aromatic carbocycles. The minimum atomic E-state index is -4.04. The minimum absolute atomic E-state index is 0.404. The maximum absolute atomic E-state index is 11.2. The molecular formula is C10H15NO9. The van der Waals surface area contributed by atoms with Crippen LogP contribution >= 0.6 is 0 Å². The lowest BCUT2D eigenvalue weighted by molar-refractivity contribution is -0.876. The van der Waals surface area contributed by atoms with Gasteiger partial charge in [0.25, 0.3) is 0 Å². The molecule has 0 amide bonds. The summed E-state index contributed by atoms with van der Waals surface area (Å²) in [5.41, 5.74) is -7.65. The van der Waals surface area contributed by atoms with Crippen molar-refractivity contribution >= 4 is 23.9 Å². The molecule has 10 nitrogen and oxygen atoms in total. The number of carbonyl (C=O) groups excluding carboxylic acids is 1. The van der Waals surface area contributed by atoms with E-state index in [2.05, 4.69) is 0 Å². The van der Waals surface area contributed by atoms with Gasteiger partial charge in [0.15, 0.2) is 0 Å². The van der Waals surface area contributed by atoms with Gasteiger partial charge in [0.05, 0.1) is 27.1 Å². The molecule has 10 heteroatoms. The first-order valence-electron chi connectivity index (χ1n) is 5.18. The molecular weight excluding hydrogens is 278 g/mol. The van der Waals surface area contributed by atoms with E-state index < -0.39 is 45.9 Å². The smallest absolute Gasteiger partial charge is 0.344 e. The summed E-state index contributed by atoms with van der Waals surface area (Å²) in [5, 5.41) is 47.9. The van der Waals surface area contributed by atoms with Crippen molar-refractivity contribution in [3.63, 3.8) is 0 Å². The number of nitrogens with zero attached hydrogens (tertiary/aromatic N) is 1. The summed E-state index contributed by atoms with van der Waals surface area (Å²) in [7, 11) is 3.95. The quantitative estimate of drug-likeness (QED) is 0.273. The number of aliphatic hydroxyl groups is 1. The predicted molar refractivity (Wildman–Crippen MR) is 58.2 cm³/mol. The summed E-state index contributed by atoms with van der Waals surface area (Å²) in [4.78, 5) is 44.4. The normalized spacial score (nSPS) is 15.2. The number of hydrogen-bond donors (Lipinski definition) is 4. The average Bonchev–Trinajstić information content (AvgIpc) is 2.12. The lowest BCUT2D eigenvalue weighted by Gasteiger charge is -2.41. The third kappa shape index (κ3) is 2.56. The molecule has 0 fully saturated rings. The van der Waals surface area contributed by atoms with Crippen LogP contribution < -0.4 is 5.11 Å². The predicted octanol–water partition coefficient (Wildman–Crippen LogP) is -3.59. The first kappa shape index (κ1) is 17.8. The van der Waals surface area contributed by atoms with Crippen LogP contribution in [0.15, 0.2) is 0 Å². The molecule has 0 aliphatic rings. The van der Waals surface area contributed by atoms with Crippen molar-refractivity contribution < 1.29 is 49.2 Å². The third-order valence-corrected chi connectivity index (χ3v) is 2.63. The average molecular weight is 293 g/mol. The standard InChI is InChI=1S/C10H15NO9/c1-11(2,3)4-9(20,5(12)13)10(6(14)15,7(16)17)8(18)19/h20H,4H2,1-3H3,(H3-,12,13,14,15,16,17,18,19). The van der Waals surface area contributed by atoms with E-state index in [1.807, 2.05) is 0 Å². The molecule has 0 aliphatic heterocycles. The molecule has 1 atom stereocenters. The summed E-state index contributed by atoms with van der Waals surface area (Å²) in [6.07, 6.45) is 0. The van der Waals surface area contributed by atoms with Gasteiger partial charge in [-0.25, -0.2) is 4.79 Å². The first-order chi connectivity index (χ1) is 8.73. The molecule has 1 unspecified atom stereocenters. The van der Waals surface area contributed by atoms with Crippen LogP contribution in [-0.2, 0) is 19.2 Å². The van der Waals surface area contributed by atoms with E-state index in [-0.39, 0.29) is 0 Å². The van der Waals surface area contributed by atoms with Crippen LogP contribution in [0.5, 0.6) is 0 Å². The summed E-state index contributed by atoms with van der Waals surface area (Å²) < 4.78 is -0.404. The SMILES string of the molecule is C[N+](C)(C)CC(O)(C(=O)O)C(C(=O)[O-])(C(=O)O)C(=O)O. The van der Waals surface area contributed by atoms with Crippen LogP contribution in [0.1, 0.15) is 0 Å². The van der Waals surface area contributed by atoms with Crippen LogP contribution in [0.2, 0.25) is 0 Å². The van der Waals surface area contributed by atoms with Crippen molar-refractivity contribution in [2.75, 3.05) is 27.7 Å². The number of carboxylic acids is 4. The van der Waals surface area contributed by atoms with Crippen LogP contribution in [0.25, 0.3) is 0 Å². The van der Waals surface area contributed by atoms with E-state index in [0.29, 0.717) is 0 Å². The molecule has 20 heavy (non-hydrogen) atoms. The Morgan fingerprint density at radius 2 is 1.30 bits per heavy atom. The highest BCUT2D eigenvalue weighted by Crippen LogP contribution is 2.34. The maximum Gasteiger partial charge on any atom is 0.344 e. The van der Waals surface area contributed by atoms with Gasteiger partial charge < -0.3 is 34.8 Å². The highest BCUT2D eigenvalue weighted by molar-refractivity contribution is 6.20. The zero-order valence-corrected chi connectivity index (χ0v) is 11.0. The number of likely N-dealkylation sites (N-methyl/N-ethyl adjacent to an activating group) is 1. The van der Waals surface area contributed by atoms with Gasteiger partial charge in [-0.1, -0.05) is 0 Å². The van der Waals surface area contributed by atoms with Gasteiger partial charge in [-0.15, -0.1) is 0 Å². The summed E-state index contributed by atoms with van der Waals surface area (Å²) in [5.74, 6) is -10.1. The number of carboxylic acid groups (broad SMARTS) is 4. The van der Waals surface area contributed by atoms with E-state index in [4.69, 9.17) is 15.3 Å². The van der Waals surface area contributed by atoms with Crippen molar-refractivity contribution in [1.29, 1.82) is 0 Å². The molecule has 0 heterocycles. The van der Waals surface area contributed by atoms with Gasteiger partial charge >= 0.3 is 17.9 Å². The van der Waals surface area contributed by atoms with Crippen LogP contribution in [0.3, 0.4) is 0 Å². The molecule has 0 aromatic rings. The summed E-state index contributed by atoms with van der Waals surface area (Å²) in [6.45, 7) is -0.991. The molecule has 0 aromatic heterocycles. The third-order valence-electron chi connectivity index (χ3n) is 2.63. The van der Waals surface area contributed by atoms with E-state index in [1.165, 1.54) is 21.1 Å². The molecule has 0 spiro atoms. The Morgan fingerprint density at radius 1 is 0.950 bits per heavy atom. The second-order valence-corrected chi connectivity index (χ2v) is 5.26. The molecule has 0 saturated carbocycles. The molecule has 0 radical (unpaired) electrons. The Morgan fingerprint density at radius 3 is 1.45 bits per heavy atom. The molecule has 114 valence electrons. The van der Waals surface area contributed by atoms with E-state index in [0.717, 1.165) is 0 Å². The van der Waals surface area contributed by atoms with Crippen molar-refractivity contribution in [3.8, 4) is 0 Å². The first-order valence-corrected chi connectivity index (χ1v) is 5.18. The second kappa shape index (κ2) is 5.06. The van der Waals surface area contributed by atoms with Crippen molar-refractivity contribution in [2.45, 2.75) is 5.60 Å². The second-order valence-electron chi connectivity index (χ2n) is 5.26. The van der Waals surface area contributed by atoms with Crippen molar-refractivity contribution in [3.05, 3.63) is 0 Å². The Labute approximate surface area is 113 Å². The molecule has 0 aliphatic carbocycles. The number of hydrogen-bond acceptors (Lipinski definition) is 6. The van der Waals surface area contributed by atoms with Gasteiger partial charge in [0.1, 0.15) is 6.54 Å². The van der Waals surface area contributed by atoms with Crippen molar-refractivity contribution in [1.82, 2.24) is 0 Å². The lowest BCUT2D eigenvalue weighted by Crippen LogP contribution is -2.73. The van der Waals surface area contributed by atoms with E-state index >= 15 is 0 Å². The number of aliphatic carboxylic acids is 4. The Balaban J connectivity index is 6.48. The highest BCUT2D eigenvalue weighted by atomic mass is 16.4. The van der Waals surface area contributed by atoms with Gasteiger partial charge in [-0.3, -0.25) is 9.59 Å². The molecule has 4 N–H and O–H groups in total. The fourth-order valence-electron chi connectivity index (χ4n) is 1.82. The number of quaternary nitrogens is 1. The van der Waals surface area contributed by atoms with Crippen molar-refractivity contribution in [2.24, 2.45) is 5.41 Å². The highest BCUT2D eigenvalue weighted by Gasteiger charge is 2.70. The van der Waals surface area contributed by atoms with Crippen LogP contribution in [0, 0.1) is 5.41 Å².